The molecule has 4 rings (SSSR count). The van der Waals surface area contributed by atoms with Crippen molar-refractivity contribution in [2.45, 2.75) is 11.1 Å². The Balaban J connectivity index is 1.51. The lowest BCUT2D eigenvalue weighted by atomic mass is 10.2. The van der Waals surface area contributed by atoms with Crippen molar-refractivity contribution >= 4 is 27.2 Å². The maximum Gasteiger partial charge on any atom is 0.417 e. The Hall–Kier alpha value is -3.93. The summed E-state index contributed by atoms with van der Waals surface area (Å²) in [6.07, 6.45) is -0.0995. The van der Waals surface area contributed by atoms with Gasteiger partial charge < -0.3 is 5.32 Å². The molecule has 0 saturated heterocycles. The second kappa shape index (κ2) is 8.30. The molecule has 12 heteroatoms. The van der Waals surface area contributed by atoms with Crippen molar-refractivity contribution in [1.29, 1.82) is 0 Å². The molecule has 0 saturated carbocycles. The monoisotopic (exact) mass is 460 g/mol. The molecule has 4 aromatic rings. The molecule has 8 nitrogen and oxygen atoms in total. The third-order valence-electron chi connectivity index (χ3n) is 4.28. The molecule has 2 aromatic heterocycles. The van der Waals surface area contributed by atoms with Crippen molar-refractivity contribution in [3.63, 3.8) is 0 Å². The standard InChI is InChI=1S/C20H15F3N6O2S/c21-20(22,23)16-4-1-2-5-17(16)32(30,31)28-15-8-6-14(7-9-15)27-18-12-19(25-13-24-18)29-11-3-10-26-29/h1-13,28H,(H,24,25,27). The van der Waals surface area contributed by atoms with E-state index in [1.165, 1.54) is 24.5 Å². The molecular weight excluding hydrogens is 445 g/mol. The van der Waals surface area contributed by atoms with Crippen LogP contribution >= 0.6 is 0 Å². The average Bonchev–Trinajstić information content (AvgIpc) is 3.30. The SMILES string of the molecule is O=S(=O)(Nc1ccc(Nc2cc(-n3cccn3)ncn2)cc1)c1ccccc1C(F)(F)F. The molecule has 0 fully saturated rings. The number of benzene rings is 2. The molecule has 0 radical (unpaired) electrons. The third kappa shape index (κ3) is 4.70. The zero-order valence-electron chi connectivity index (χ0n) is 16.2. The van der Waals surface area contributed by atoms with Crippen molar-refractivity contribution < 1.29 is 21.6 Å². The minimum atomic E-state index is -4.80. The molecular formula is C20H15F3N6O2S. The first kappa shape index (κ1) is 21.3. The van der Waals surface area contributed by atoms with E-state index in [9.17, 15) is 21.6 Å². The first-order chi connectivity index (χ1) is 15.2. The van der Waals surface area contributed by atoms with Gasteiger partial charge in [0.15, 0.2) is 5.82 Å². The predicted molar refractivity (Wildman–Crippen MR) is 111 cm³/mol. The summed E-state index contributed by atoms with van der Waals surface area (Å²) in [4.78, 5) is 7.40. The number of nitrogens with zero attached hydrogens (tertiary/aromatic N) is 4. The van der Waals surface area contributed by atoms with Crippen LogP contribution in [0.1, 0.15) is 5.56 Å². The Bertz CT molecular complexity index is 1320. The van der Waals surface area contributed by atoms with E-state index in [-0.39, 0.29) is 5.69 Å². The van der Waals surface area contributed by atoms with E-state index in [2.05, 4.69) is 25.1 Å². The number of nitrogens with one attached hydrogen (secondary N) is 2. The molecule has 32 heavy (non-hydrogen) atoms. The first-order valence-corrected chi connectivity index (χ1v) is 10.6. The van der Waals surface area contributed by atoms with Gasteiger partial charge >= 0.3 is 6.18 Å². The number of sulfonamides is 1. The summed E-state index contributed by atoms with van der Waals surface area (Å²) in [5.74, 6) is 1.01. The van der Waals surface area contributed by atoms with E-state index in [0.717, 1.165) is 18.2 Å². The topological polar surface area (TPSA) is 102 Å². The van der Waals surface area contributed by atoms with Crippen LogP contribution in [0.5, 0.6) is 0 Å². The Morgan fingerprint density at radius 2 is 1.62 bits per heavy atom. The van der Waals surface area contributed by atoms with Gasteiger partial charge in [0.1, 0.15) is 12.1 Å². The van der Waals surface area contributed by atoms with Crippen molar-refractivity contribution in [2.24, 2.45) is 0 Å². The highest BCUT2D eigenvalue weighted by molar-refractivity contribution is 7.92. The molecule has 0 aliphatic rings. The summed E-state index contributed by atoms with van der Waals surface area (Å²) in [5, 5.41) is 7.13. The maximum atomic E-state index is 13.2. The van der Waals surface area contributed by atoms with Crippen LogP contribution in [0, 0.1) is 0 Å². The molecule has 0 bridgehead atoms. The highest BCUT2D eigenvalue weighted by Gasteiger charge is 2.36. The van der Waals surface area contributed by atoms with Gasteiger partial charge in [-0.25, -0.2) is 23.1 Å². The van der Waals surface area contributed by atoms with Gasteiger partial charge in [0.05, 0.1) is 10.5 Å². The highest BCUT2D eigenvalue weighted by Crippen LogP contribution is 2.34. The van der Waals surface area contributed by atoms with Crippen molar-refractivity contribution in [3.05, 3.63) is 84.9 Å². The number of aromatic nitrogens is 4. The Kier molecular flexibility index (Phi) is 5.53. The van der Waals surface area contributed by atoms with E-state index >= 15 is 0 Å². The van der Waals surface area contributed by atoms with Gasteiger partial charge in [0.2, 0.25) is 0 Å². The number of hydrogen-bond donors (Lipinski definition) is 2. The normalized spacial score (nSPS) is 11.8. The van der Waals surface area contributed by atoms with Gasteiger partial charge in [-0.3, -0.25) is 4.72 Å². The fourth-order valence-electron chi connectivity index (χ4n) is 2.86. The van der Waals surface area contributed by atoms with Crippen LogP contribution in [-0.2, 0) is 16.2 Å². The summed E-state index contributed by atoms with van der Waals surface area (Å²) in [5.41, 5.74) is -0.552. The molecule has 0 atom stereocenters. The van der Waals surface area contributed by atoms with E-state index in [4.69, 9.17) is 0 Å². The van der Waals surface area contributed by atoms with Crippen LogP contribution in [0.15, 0.2) is 84.3 Å². The average molecular weight is 460 g/mol. The van der Waals surface area contributed by atoms with E-state index < -0.39 is 26.7 Å². The first-order valence-electron chi connectivity index (χ1n) is 9.10. The number of alkyl halides is 3. The summed E-state index contributed by atoms with van der Waals surface area (Å²) >= 11 is 0. The summed E-state index contributed by atoms with van der Waals surface area (Å²) in [6, 6.07) is 13.4. The Morgan fingerprint density at radius 3 is 2.31 bits per heavy atom. The van der Waals surface area contributed by atoms with Crippen molar-refractivity contribution in [1.82, 2.24) is 19.7 Å². The minimum Gasteiger partial charge on any atom is -0.340 e. The lowest BCUT2D eigenvalue weighted by molar-refractivity contribution is -0.139. The molecule has 164 valence electrons. The number of halogens is 3. The number of anilines is 3. The van der Waals surface area contributed by atoms with E-state index in [1.54, 1.807) is 41.3 Å². The van der Waals surface area contributed by atoms with E-state index in [0.29, 0.717) is 17.3 Å². The van der Waals surface area contributed by atoms with Gasteiger partial charge in [0.25, 0.3) is 10.0 Å². The maximum absolute atomic E-state index is 13.2. The molecule has 0 unspecified atom stereocenters. The number of hydrogen-bond acceptors (Lipinski definition) is 6. The van der Waals surface area contributed by atoms with Gasteiger partial charge in [-0.15, -0.1) is 0 Å². The van der Waals surface area contributed by atoms with Crippen LogP contribution in [0.3, 0.4) is 0 Å². The second-order valence-electron chi connectivity index (χ2n) is 6.51. The lowest BCUT2D eigenvalue weighted by Crippen LogP contribution is -2.18. The van der Waals surface area contributed by atoms with Crippen LogP contribution in [0.25, 0.3) is 5.82 Å². The minimum absolute atomic E-state index is 0.104. The summed E-state index contributed by atoms with van der Waals surface area (Å²) in [6.45, 7) is 0. The fourth-order valence-corrected chi connectivity index (χ4v) is 4.15. The molecule has 2 aromatic carbocycles. The lowest BCUT2D eigenvalue weighted by Gasteiger charge is -2.14. The third-order valence-corrected chi connectivity index (χ3v) is 5.72. The van der Waals surface area contributed by atoms with Crippen LogP contribution in [0.2, 0.25) is 0 Å². The van der Waals surface area contributed by atoms with Crippen LogP contribution in [-0.4, -0.2) is 28.2 Å². The molecule has 0 spiro atoms. The molecule has 0 amide bonds. The van der Waals surface area contributed by atoms with Gasteiger partial charge in [-0.1, -0.05) is 12.1 Å². The van der Waals surface area contributed by atoms with Gasteiger partial charge in [-0.2, -0.15) is 18.3 Å². The molecule has 2 heterocycles. The van der Waals surface area contributed by atoms with Crippen molar-refractivity contribution in [2.75, 3.05) is 10.0 Å². The fraction of sp³-hybridized carbons (Fsp3) is 0.0500. The summed E-state index contributed by atoms with van der Waals surface area (Å²) < 4.78 is 68.4. The molecule has 2 N–H and O–H groups in total. The van der Waals surface area contributed by atoms with Gasteiger partial charge in [0, 0.05) is 29.8 Å². The highest BCUT2D eigenvalue weighted by atomic mass is 32.2. The molecule has 0 aliphatic heterocycles. The van der Waals surface area contributed by atoms with Crippen LogP contribution in [0.4, 0.5) is 30.4 Å². The quantitative estimate of drug-likeness (QED) is 0.447. The summed E-state index contributed by atoms with van der Waals surface area (Å²) in [7, 11) is -4.45. The smallest absolute Gasteiger partial charge is 0.340 e. The zero-order chi connectivity index (χ0) is 22.8. The number of rotatable bonds is 6. The largest absolute Gasteiger partial charge is 0.417 e. The second-order valence-corrected chi connectivity index (χ2v) is 8.16. The van der Waals surface area contributed by atoms with E-state index in [1.807, 2.05) is 0 Å². The Morgan fingerprint density at radius 1 is 0.906 bits per heavy atom. The molecule has 0 aliphatic carbocycles. The van der Waals surface area contributed by atoms with Gasteiger partial charge in [-0.05, 0) is 42.5 Å². The predicted octanol–water partition coefficient (Wildman–Crippen LogP) is 4.23. The van der Waals surface area contributed by atoms with Crippen LogP contribution < -0.4 is 10.0 Å². The van der Waals surface area contributed by atoms with Crippen molar-refractivity contribution in [3.8, 4) is 5.82 Å². The zero-order valence-corrected chi connectivity index (χ0v) is 17.0. The Labute approximate surface area is 180 Å².